The Balaban J connectivity index is 1.47. The van der Waals surface area contributed by atoms with E-state index >= 15 is 0 Å². The third kappa shape index (κ3) is 4.40. The number of rotatable bonds is 7. The van der Waals surface area contributed by atoms with Crippen molar-refractivity contribution in [2.75, 3.05) is 43.9 Å². The lowest BCUT2D eigenvalue weighted by molar-refractivity contribution is -0.117. The van der Waals surface area contributed by atoms with E-state index in [-0.39, 0.29) is 5.91 Å². The van der Waals surface area contributed by atoms with Crippen LogP contribution in [-0.2, 0) is 11.3 Å². The van der Waals surface area contributed by atoms with Crippen molar-refractivity contribution in [3.05, 3.63) is 18.1 Å². The molecule has 0 atom stereocenters. The van der Waals surface area contributed by atoms with E-state index in [9.17, 15) is 4.79 Å². The molecule has 1 aliphatic heterocycles. The van der Waals surface area contributed by atoms with Gasteiger partial charge in [0, 0.05) is 32.6 Å². The predicted molar refractivity (Wildman–Crippen MR) is 100 cm³/mol. The highest BCUT2D eigenvalue weighted by molar-refractivity contribution is 5.91. The van der Waals surface area contributed by atoms with Crippen LogP contribution in [0.15, 0.2) is 12.3 Å². The lowest BCUT2D eigenvalue weighted by atomic mass is 9.96. The Labute approximate surface area is 153 Å². The van der Waals surface area contributed by atoms with Crippen LogP contribution in [0.1, 0.15) is 37.9 Å². The van der Waals surface area contributed by atoms with Crippen LogP contribution in [-0.4, -0.2) is 69.5 Å². The topological polar surface area (TPSA) is 95.0 Å². The van der Waals surface area contributed by atoms with Crippen molar-refractivity contribution in [1.82, 2.24) is 29.9 Å². The number of carbonyl (C=O) groups is 1. The molecule has 3 heterocycles. The highest BCUT2D eigenvalue weighted by atomic mass is 16.2. The molecule has 2 aromatic rings. The van der Waals surface area contributed by atoms with Crippen molar-refractivity contribution in [3.63, 3.8) is 0 Å². The third-order valence-electron chi connectivity index (χ3n) is 4.65. The van der Waals surface area contributed by atoms with E-state index < -0.39 is 0 Å². The Kier molecular flexibility index (Phi) is 5.87. The van der Waals surface area contributed by atoms with Gasteiger partial charge in [-0.05, 0) is 32.4 Å². The van der Waals surface area contributed by atoms with Gasteiger partial charge in [-0.1, -0.05) is 6.92 Å². The average molecular weight is 360 g/mol. The molecule has 0 bridgehead atoms. The van der Waals surface area contributed by atoms with Gasteiger partial charge in [0.05, 0.1) is 12.7 Å². The van der Waals surface area contributed by atoms with Crippen molar-refractivity contribution in [3.8, 4) is 0 Å². The summed E-state index contributed by atoms with van der Waals surface area (Å²) < 4.78 is 1.83. The Morgan fingerprint density at radius 2 is 2.15 bits per heavy atom. The molecular weight excluding hydrogens is 332 g/mol. The van der Waals surface area contributed by atoms with Crippen LogP contribution in [0.25, 0.3) is 0 Å². The molecule has 0 radical (unpaired) electrons. The van der Waals surface area contributed by atoms with Gasteiger partial charge in [0.2, 0.25) is 11.9 Å². The summed E-state index contributed by atoms with van der Waals surface area (Å²) >= 11 is 0. The first-order valence-corrected chi connectivity index (χ1v) is 9.20. The molecule has 142 valence electrons. The summed E-state index contributed by atoms with van der Waals surface area (Å²) in [5.74, 6) is 2.81. The quantitative estimate of drug-likeness (QED) is 0.773. The SMILES string of the molecule is CCCn1nccc1NC(=O)CN1CCC(c2nc(N(C)C)n[nH]2)CC1. The van der Waals surface area contributed by atoms with Crippen LogP contribution in [0.3, 0.4) is 0 Å². The number of aryl methyl sites for hydroxylation is 1. The van der Waals surface area contributed by atoms with Crippen molar-refractivity contribution in [2.24, 2.45) is 0 Å². The van der Waals surface area contributed by atoms with Gasteiger partial charge in [-0.3, -0.25) is 14.8 Å². The van der Waals surface area contributed by atoms with Crippen molar-refractivity contribution >= 4 is 17.7 Å². The maximum atomic E-state index is 12.3. The number of likely N-dealkylation sites (tertiary alicyclic amines) is 1. The number of aromatic nitrogens is 5. The molecule has 9 nitrogen and oxygen atoms in total. The molecule has 2 N–H and O–H groups in total. The van der Waals surface area contributed by atoms with E-state index in [2.05, 4.69) is 37.4 Å². The van der Waals surface area contributed by atoms with Crippen molar-refractivity contribution in [1.29, 1.82) is 0 Å². The largest absolute Gasteiger partial charge is 0.346 e. The molecule has 0 unspecified atom stereocenters. The molecule has 26 heavy (non-hydrogen) atoms. The van der Waals surface area contributed by atoms with Crippen LogP contribution in [0, 0.1) is 0 Å². The zero-order valence-corrected chi connectivity index (χ0v) is 15.8. The number of H-pyrrole nitrogens is 1. The summed E-state index contributed by atoms with van der Waals surface area (Å²) in [5, 5.41) is 14.5. The Morgan fingerprint density at radius 1 is 1.38 bits per heavy atom. The van der Waals surface area contributed by atoms with Gasteiger partial charge in [0.25, 0.3) is 0 Å². The van der Waals surface area contributed by atoms with Gasteiger partial charge < -0.3 is 10.2 Å². The van der Waals surface area contributed by atoms with Gasteiger partial charge in [0.15, 0.2) is 0 Å². The van der Waals surface area contributed by atoms with Crippen molar-refractivity contribution in [2.45, 2.75) is 38.6 Å². The Hall–Kier alpha value is -2.42. The predicted octanol–water partition coefficient (Wildman–Crippen LogP) is 1.30. The van der Waals surface area contributed by atoms with Gasteiger partial charge >= 0.3 is 0 Å². The molecular formula is C17H28N8O. The van der Waals surface area contributed by atoms with Crippen molar-refractivity contribution < 1.29 is 4.79 Å². The first-order chi connectivity index (χ1) is 12.6. The molecule has 1 saturated heterocycles. The second-order valence-electron chi connectivity index (χ2n) is 6.95. The van der Waals surface area contributed by atoms with Crippen LogP contribution in [0.2, 0.25) is 0 Å². The summed E-state index contributed by atoms with van der Waals surface area (Å²) in [6, 6.07) is 1.84. The number of anilines is 2. The van der Waals surface area contributed by atoms with Crippen LogP contribution < -0.4 is 10.2 Å². The molecule has 3 rings (SSSR count). The fourth-order valence-corrected chi connectivity index (χ4v) is 3.23. The van der Waals surface area contributed by atoms with E-state index in [0.29, 0.717) is 18.4 Å². The third-order valence-corrected chi connectivity index (χ3v) is 4.65. The lowest BCUT2D eigenvalue weighted by Gasteiger charge is -2.30. The summed E-state index contributed by atoms with van der Waals surface area (Å²) in [6.45, 7) is 5.06. The summed E-state index contributed by atoms with van der Waals surface area (Å²) in [7, 11) is 3.86. The first-order valence-electron chi connectivity index (χ1n) is 9.20. The van der Waals surface area contributed by atoms with Gasteiger partial charge in [-0.15, -0.1) is 5.10 Å². The average Bonchev–Trinajstić information content (AvgIpc) is 3.26. The fraction of sp³-hybridized carbons (Fsp3) is 0.647. The van der Waals surface area contributed by atoms with E-state index in [1.54, 1.807) is 6.20 Å². The van der Waals surface area contributed by atoms with Gasteiger partial charge in [-0.25, -0.2) is 4.68 Å². The summed E-state index contributed by atoms with van der Waals surface area (Å²) in [4.78, 5) is 21.0. The van der Waals surface area contributed by atoms with E-state index in [1.807, 2.05) is 29.7 Å². The number of amides is 1. The maximum Gasteiger partial charge on any atom is 0.244 e. The minimum Gasteiger partial charge on any atom is -0.346 e. The molecule has 1 aliphatic rings. The zero-order valence-electron chi connectivity index (χ0n) is 15.8. The van der Waals surface area contributed by atoms with E-state index in [0.717, 1.165) is 50.5 Å². The number of hydrogen-bond acceptors (Lipinski definition) is 6. The van der Waals surface area contributed by atoms with E-state index in [1.165, 1.54) is 0 Å². The molecule has 9 heteroatoms. The maximum absolute atomic E-state index is 12.3. The molecule has 0 saturated carbocycles. The standard InChI is InChI=1S/C17H28N8O/c1-4-9-25-14(5-8-18-25)19-15(26)12-24-10-6-13(7-11-24)16-20-17(22-21-16)23(2)3/h5,8,13H,4,6-7,9-12H2,1-3H3,(H,19,26)(H,20,21,22). The van der Waals surface area contributed by atoms with Gasteiger partial charge in [-0.2, -0.15) is 10.1 Å². The highest BCUT2D eigenvalue weighted by Crippen LogP contribution is 2.26. The number of nitrogens with zero attached hydrogens (tertiary/aromatic N) is 6. The second kappa shape index (κ2) is 8.31. The molecule has 2 aromatic heterocycles. The summed E-state index contributed by atoms with van der Waals surface area (Å²) in [6.07, 6.45) is 4.65. The second-order valence-corrected chi connectivity index (χ2v) is 6.95. The Bertz CT molecular complexity index is 714. The minimum atomic E-state index is 0.0101. The Morgan fingerprint density at radius 3 is 2.81 bits per heavy atom. The summed E-state index contributed by atoms with van der Waals surface area (Å²) in [5.41, 5.74) is 0. The molecule has 0 spiro atoms. The van der Waals surface area contributed by atoms with Crippen LogP contribution in [0.4, 0.5) is 11.8 Å². The highest BCUT2D eigenvalue weighted by Gasteiger charge is 2.25. The van der Waals surface area contributed by atoms with Gasteiger partial charge in [0.1, 0.15) is 11.6 Å². The molecule has 0 aromatic carbocycles. The number of aromatic amines is 1. The normalized spacial score (nSPS) is 16.0. The smallest absolute Gasteiger partial charge is 0.244 e. The number of hydrogen-bond donors (Lipinski definition) is 2. The number of nitrogens with one attached hydrogen (secondary N) is 2. The minimum absolute atomic E-state index is 0.0101. The monoisotopic (exact) mass is 360 g/mol. The fourth-order valence-electron chi connectivity index (χ4n) is 3.23. The molecule has 1 amide bonds. The number of carbonyl (C=O) groups excluding carboxylic acids is 1. The molecule has 0 aliphatic carbocycles. The number of piperidine rings is 1. The van der Waals surface area contributed by atoms with Crippen LogP contribution in [0.5, 0.6) is 0 Å². The zero-order chi connectivity index (χ0) is 18.5. The first kappa shape index (κ1) is 18.4. The van der Waals surface area contributed by atoms with E-state index in [4.69, 9.17) is 0 Å². The van der Waals surface area contributed by atoms with Crippen LogP contribution >= 0.6 is 0 Å². The lowest BCUT2D eigenvalue weighted by Crippen LogP contribution is -2.39. The molecule has 1 fully saturated rings.